The van der Waals surface area contributed by atoms with Gasteiger partial charge in [0.05, 0.1) is 6.04 Å². The fourth-order valence-corrected chi connectivity index (χ4v) is 2.77. The van der Waals surface area contributed by atoms with Gasteiger partial charge in [0.15, 0.2) is 0 Å². The van der Waals surface area contributed by atoms with E-state index in [9.17, 15) is 9.90 Å². The highest BCUT2D eigenvalue weighted by Gasteiger charge is 2.22. The van der Waals surface area contributed by atoms with E-state index < -0.39 is 0 Å². The third kappa shape index (κ3) is 3.10. The van der Waals surface area contributed by atoms with Crippen LogP contribution in [0, 0.1) is 0 Å². The minimum atomic E-state index is -0.162. The molecule has 2 heterocycles. The minimum Gasteiger partial charge on any atom is -0.396 e. The molecule has 0 spiro atoms. The molecule has 0 saturated carbocycles. The van der Waals surface area contributed by atoms with Crippen LogP contribution in [-0.2, 0) is 0 Å². The van der Waals surface area contributed by atoms with Gasteiger partial charge in [0.25, 0.3) is 5.91 Å². The number of carbonyl (C=O) groups excluding carboxylic acids is 1. The van der Waals surface area contributed by atoms with Gasteiger partial charge in [-0.15, -0.1) is 0 Å². The molecule has 3 rings (SSSR count). The van der Waals surface area contributed by atoms with E-state index in [1.54, 1.807) is 30.3 Å². The number of benzene rings is 1. The second-order valence-electron chi connectivity index (χ2n) is 5.46. The van der Waals surface area contributed by atoms with E-state index in [0.29, 0.717) is 12.0 Å². The number of carbonyl (C=O) groups is 1. The topological polar surface area (TPSA) is 57.8 Å². The predicted octanol–water partition coefficient (Wildman–Crippen LogP) is 2.53. The van der Waals surface area contributed by atoms with Crippen molar-refractivity contribution in [3.05, 3.63) is 72.2 Å². The van der Waals surface area contributed by atoms with Crippen molar-refractivity contribution in [3.8, 4) is 0 Å². The summed E-state index contributed by atoms with van der Waals surface area (Å²) in [6.07, 6.45) is 5.86. The molecular weight excluding hydrogens is 290 g/mol. The summed E-state index contributed by atoms with van der Waals surface area (Å²) < 4.78 is 1.86. The van der Waals surface area contributed by atoms with E-state index in [1.807, 2.05) is 47.1 Å². The number of nitrogens with zero attached hydrogens (tertiary/aromatic N) is 3. The van der Waals surface area contributed by atoms with Gasteiger partial charge in [0, 0.05) is 37.8 Å². The van der Waals surface area contributed by atoms with Gasteiger partial charge in [0.2, 0.25) is 0 Å². The van der Waals surface area contributed by atoms with Gasteiger partial charge >= 0.3 is 0 Å². The Hall–Kier alpha value is -2.66. The average molecular weight is 309 g/mol. The van der Waals surface area contributed by atoms with Crippen molar-refractivity contribution < 1.29 is 9.90 Å². The van der Waals surface area contributed by atoms with E-state index in [0.717, 1.165) is 11.2 Å². The summed E-state index contributed by atoms with van der Waals surface area (Å²) in [5, 5.41) is 9.36. The van der Waals surface area contributed by atoms with E-state index in [-0.39, 0.29) is 18.6 Å². The zero-order chi connectivity index (χ0) is 16.2. The van der Waals surface area contributed by atoms with Crippen LogP contribution in [0.3, 0.4) is 0 Å². The van der Waals surface area contributed by atoms with Gasteiger partial charge in [-0.2, -0.15) is 0 Å². The lowest BCUT2D eigenvalue weighted by Crippen LogP contribution is -2.32. The molecule has 0 aliphatic heterocycles. The summed E-state index contributed by atoms with van der Waals surface area (Å²) in [5.74, 6) is -0.0854. The molecule has 0 saturated heterocycles. The molecule has 1 N–H and O–H groups in total. The standard InChI is InChI=1S/C18H19N3O2/c1-20(16(8-12-22)14-5-3-2-4-6-14)18(23)15-7-10-21-11-9-19-17(21)13-15/h2-7,9-11,13,16,22H,8,12H2,1H3. The van der Waals surface area contributed by atoms with Crippen LogP contribution in [0.15, 0.2) is 61.1 Å². The first-order chi connectivity index (χ1) is 11.2. The molecule has 0 bridgehead atoms. The number of rotatable bonds is 5. The lowest BCUT2D eigenvalue weighted by atomic mass is 10.0. The Kier molecular flexibility index (Phi) is 4.39. The number of aliphatic hydroxyl groups excluding tert-OH is 1. The van der Waals surface area contributed by atoms with Gasteiger partial charge < -0.3 is 14.4 Å². The summed E-state index contributed by atoms with van der Waals surface area (Å²) in [7, 11) is 1.77. The second kappa shape index (κ2) is 6.62. The van der Waals surface area contributed by atoms with Gasteiger partial charge in [-0.1, -0.05) is 30.3 Å². The van der Waals surface area contributed by atoms with Gasteiger partial charge in [-0.25, -0.2) is 4.98 Å². The summed E-state index contributed by atoms with van der Waals surface area (Å²) in [6, 6.07) is 13.2. The Morgan fingerprint density at radius 1 is 1.26 bits per heavy atom. The van der Waals surface area contributed by atoms with Gasteiger partial charge in [-0.3, -0.25) is 4.79 Å². The molecule has 1 atom stereocenters. The maximum Gasteiger partial charge on any atom is 0.254 e. The number of amides is 1. The fraction of sp³-hybridized carbons (Fsp3) is 0.222. The molecule has 0 radical (unpaired) electrons. The molecule has 5 heteroatoms. The third-order valence-corrected chi connectivity index (χ3v) is 4.02. The minimum absolute atomic E-state index is 0.0243. The molecular formula is C18H19N3O2. The Morgan fingerprint density at radius 3 is 2.78 bits per heavy atom. The quantitative estimate of drug-likeness (QED) is 0.788. The first kappa shape index (κ1) is 15.2. The molecule has 5 nitrogen and oxygen atoms in total. The SMILES string of the molecule is CN(C(=O)c1ccn2ccnc2c1)C(CCO)c1ccccc1. The number of hydrogen-bond acceptors (Lipinski definition) is 3. The van der Waals surface area contributed by atoms with Gasteiger partial charge in [0.1, 0.15) is 5.65 Å². The summed E-state index contributed by atoms with van der Waals surface area (Å²) >= 11 is 0. The average Bonchev–Trinajstić information content (AvgIpc) is 3.07. The normalized spacial score (nSPS) is 12.3. The highest BCUT2D eigenvalue weighted by molar-refractivity contribution is 5.95. The molecule has 3 aromatic rings. The number of hydrogen-bond donors (Lipinski definition) is 1. The lowest BCUT2D eigenvalue weighted by Gasteiger charge is -2.28. The summed E-state index contributed by atoms with van der Waals surface area (Å²) in [5.41, 5.74) is 2.34. The molecule has 1 unspecified atom stereocenters. The number of imidazole rings is 1. The van der Waals surface area contributed by atoms with Crippen LogP contribution in [0.1, 0.15) is 28.4 Å². The van der Waals surface area contributed by atoms with Crippen molar-refractivity contribution in [2.45, 2.75) is 12.5 Å². The van der Waals surface area contributed by atoms with E-state index in [1.165, 1.54) is 0 Å². The Morgan fingerprint density at radius 2 is 2.04 bits per heavy atom. The molecule has 1 amide bonds. The van der Waals surface area contributed by atoms with Crippen LogP contribution in [-0.4, -0.2) is 39.0 Å². The van der Waals surface area contributed by atoms with Crippen molar-refractivity contribution >= 4 is 11.6 Å². The van der Waals surface area contributed by atoms with Crippen molar-refractivity contribution in [1.82, 2.24) is 14.3 Å². The van der Waals surface area contributed by atoms with Crippen LogP contribution >= 0.6 is 0 Å². The number of fused-ring (bicyclic) bond motifs is 1. The first-order valence-electron chi connectivity index (χ1n) is 7.56. The Bertz CT molecular complexity index is 798. The fourth-order valence-electron chi connectivity index (χ4n) is 2.77. The zero-order valence-electron chi connectivity index (χ0n) is 13.0. The van der Waals surface area contributed by atoms with Crippen LogP contribution in [0.4, 0.5) is 0 Å². The molecule has 0 fully saturated rings. The molecule has 1 aromatic carbocycles. The largest absolute Gasteiger partial charge is 0.396 e. The zero-order valence-corrected chi connectivity index (χ0v) is 13.0. The number of aliphatic hydroxyl groups is 1. The number of pyridine rings is 1. The maximum absolute atomic E-state index is 12.8. The highest BCUT2D eigenvalue weighted by atomic mass is 16.3. The van der Waals surface area contributed by atoms with Gasteiger partial charge in [-0.05, 0) is 24.1 Å². The summed E-state index contributed by atoms with van der Waals surface area (Å²) in [4.78, 5) is 18.7. The predicted molar refractivity (Wildman–Crippen MR) is 88.2 cm³/mol. The van der Waals surface area contributed by atoms with Crippen LogP contribution in [0.25, 0.3) is 5.65 Å². The van der Waals surface area contributed by atoms with Crippen LogP contribution in [0.5, 0.6) is 0 Å². The van der Waals surface area contributed by atoms with Crippen molar-refractivity contribution in [1.29, 1.82) is 0 Å². The van der Waals surface area contributed by atoms with E-state index >= 15 is 0 Å². The molecule has 118 valence electrons. The van der Waals surface area contributed by atoms with E-state index in [4.69, 9.17) is 0 Å². The molecule has 2 aromatic heterocycles. The first-order valence-corrected chi connectivity index (χ1v) is 7.56. The van der Waals surface area contributed by atoms with Crippen LogP contribution < -0.4 is 0 Å². The van der Waals surface area contributed by atoms with Crippen molar-refractivity contribution in [2.24, 2.45) is 0 Å². The van der Waals surface area contributed by atoms with Crippen molar-refractivity contribution in [2.75, 3.05) is 13.7 Å². The summed E-state index contributed by atoms with van der Waals surface area (Å²) in [6.45, 7) is 0.0243. The Balaban J connectivity index is 1.89. The second-order valence-corrected chi connectivity index (χ2v) is 5.46. The monoisotopic (exact) mass is 309 g/mol. The van der Waals surface area contributed by atoms with E-state index in [2.05, 4.69) is 4.98 Å². The molecule has 0 aliphatic carbocycles. The van der Waals surface area contributed by atoms with Crippen molar-refractivity contribution in [3.63, 3.8) is 0 Å². The highest BCUT2D eigenvalue weighted by Crippen LogP contribution is 2.24. The number of aromatic nitrogens is 2. The lowest BCUT2D eigenvalue weighted by molar-refractivity contribution is 0.0705. The van der Waals surface area contributed by atoms with Crippen LogP contribution in [0.2, 0.25) is 0 Å². The Labute approximate surface area is 134 Å². The molecule has 23 heavy (non-hydrogen) atoms. The maximum atomic E-state index is 12.8. The third-order valence-electron chi connectivity index (χ3n) is 4.02. The smallest absolute Gasteiger partial charge is 0.254 e. The molecule has 0 aliphatic rings.